The van der Waals surface area contributed by atoms with Crippen LogP contribution in [-0.2, 0) is 0 Å². The summed E-state index contributed by atoms with van der Waals surface area (Å²) < 4.78 is 1.09. The first-order valence-electron chi connectivity index (χ1n) is 5.02. The van der Waals surface area contributed by atoms with Crippen molar-refractivity contribution in [2.75, 3.05) is 0 Å². The molecule has 78 valence electrons. The van der Waals surface area contributed by atoms with Crippen LogP contribution in [0.4, 0.5) is 0 Å². The van der Waals surface area contributed by atoms with Crippen molar-refractivity contribution in [1.82, 2.24) is 9.97 Å². The number of nitrogens with zero attached hydrogens (tertiary/aromatic N) is 1. The molecule has 0 spiro atoms. The van der Waals surface area contributed by atoms with Crippen molar-refractivity contribution in [3.63, 3.8) is 0 Å². The van der Waals surface area contributed by atoms with Crippen molar-refractivity contribution in [2.24, 2.45) is 0 Å². The Morgan fingerprint density at radius 1 is 1.06 bits per heavy atom. The van der Waals surface area contributed by atoms with Gasteiger partial charge < -0.3 is 4.98 Å². The SMILES string of the molecule is Brc1ccc2[nH]c(-c3ccccn3)cc2c1. The second kappa shape index (κ2) is 3.76. The first kappa shape index (κ1) is 9.60. The van der Waals surface area contributed by atoms with Crippen LogP contribution in [0.3, 0.4) is 0 Å². The molecule has 0 amide bonds. The molecule has 2 heterocycles. The zero-order valence-corrected chi connectivity index (χ0v) is 10.0. The fraction of sp³-hybridized carbons (Fsp3) is 0. The quantitative estimate of drug-likeness (QED) is 0.713. The molecule has 0 aliphatic heterocycles. The van der Waals surface area contributed by atoms with Crippen LogP contribution in [0.5, 0.6) is 0 Å². The minimum absolute atomic E-state index is 0.967. The molecule has 2 nitrogen and oxygen atoms in total. The molecular weight excluding hydrogens is 264 g/mol. The molecule has 0 fully saturated rings. The smallest absolute Gasteiger partial charge is 0.0864 e. The molecule has 0 saturated heterocycles. The van der Waals surface area contributed by atoms with Crippen molar-refractivity contribution in [1.29, 1.82) is 0 Å². The van der Waals surface area contributed by atoms with Crippen LogP contribution >= 0.6 is 15.9 Å². The van der Waals surface area contributed by atoms with E-state index in [1.165, 1.54) is 5.39 Å². The predicted octanol–water partition coefficient (Wildman–Crippen LogP) is 3.99. The molecule has 1 aromatic carbocycles. The maximum Gasteiger partial charge on any atom is 0.0864 e. The zero-order chi connectivity index (χ0) is 11.0. The highest BCUT2D eigenvalue weighted by molar-refractivity contribution is 9.10. The molecule has 0 unspecified atom stereocenters. The van der Waals surface area contributed by atoms with Gasteiger partial charge in [-0.3, -0.25) is 4.98 Å². The zero-order valence-electron chi connectivity index (χ0n) is 8.44. The second-order valence-electron chi connectivity index (χ2n) is 3.63. The van der Waals surface area contributed by atoms with Crippen molar-refractivity contribution >= 4 is 26.8 Å². The maximum atomic E-state index is 4.32. The molecule has 3 heteroatoms. The fourth-order valence-electron chi connectivity index (χ4n) is 1.76. The molecule has 1 N–H and O–H groups in total. The first-order valence-corrected chi connectivity index (χ1v) is 5.82. The van der Waals surface area contributed by atoms with Crippen molar-refractivity contribution < 1.29 is 0 Å². The maximum absolute atomic E-state index is 4.32. The highest BCUT2D eigenvalue weighted by atomic mass is 79.9. The van der Waals surface area contributed by atoms with E-state index in [4.69, 9.17) is 0 Å². The number of benzene rings is 1. The fourth-order valence-corrected chi connectivity index (χ4v) is 2.14. The van der Waals surface area contributed by atoms with Gasteiger partial charge in [-0.1, -0.05) is 22.0 Å². The van der Waals surface area contributed by atoms with Gasteiger partial charge in [0.15, 0.2) is 0 Å². The van der Waals surface area contributed by atoms with Crippen LogP contribution in [0.1, 0.15) is 0 Å². The molecule has 2 aromatic heterocycles. The van der Waals surface area contributed by atoms with Crippen LogP contribution in [0.25, 0.3) is 22.3 Å². The molecule has 0 bridgehead atoms. The minimum atomic E-state index is 0.967. The summed E-state index contributed by atoms with van der Waals surface area (Å²) in [5, 5.41) is 1.19. The van der Waals surface area contributed by atoms with Gasteiger partial charge in [-0.2, -0.15) is 0 Å². The summed E-state index contributed by atoms with van der Waals surface area (Å²) in [5.74, 6) is 0. The van der Waals surface area contributed by atoms with Gasteiger partial charge in [-0.25, -0.2) is 0 Å². The Bertz CT molecular complexity index is 629. The number of H-pyrrole nitrogens is 1. The first-order chi connectivity index (χ1) is 7.83. The van der Waals surface area contributed by atoms with Gasteiger partial charge in [0, 0.05) is 21.6 Å². The summed E-state index contributed by atoms with van der Waals surface area (Å²) in [6.07, 6.45) is 1.80. The van der Waals surface area contributed by atoms with Crippen LogP contribution in [-0.4, -0.2) is 9.97 Å². The largest absolute Gasteiger partial charge is 0.353 e. The number of nitrogens with one attached hydrogen (secondary N) is 1. The number of pyridine rings is 1. The van der Waals surface area contributed by atoms with E-state index < -0.39 is 0 Å². The molecule has 0 saturated carbocycles. The number of rotatable bonds is 1. The Morgan fingerprint density at radius 2 is 2.00 bits per heavy atom. The summed E-state index contributed by atoms with van der Waals surface area (Å²) in [5.41, 5.74) is 3.15. The third-order valence-electron chi connectivity index (χ3n) is 2.52. The second-order valence-corrected chi connectivity index (χ2v) is 4.55. The predicted molar refractivity (Wildman–Crippen MR) is 69.2 cm³/mol. The van der Waals surface area contributed by atoms with E-state index in [-0.39, 0.29) is 0 Å². The van der Waals surface area contributed by atoms with Gasteiger partial charge >= 0.3 is 0 Å². The van der Waals surface area contributed by atoms with E-state index in [0.29, 0.717) is 0 Å². The van der Waals surface area contributed by atoms with Crippen molar-refractivity contribution in [3.05, 3.63) is 53.1 Å². The molecule has 3 aromatic rings. The number of fused-ring (bicyclic) bond motifs is 1. The van der Waals surface area contributed by atoms with E-state index >= 15 is 0 Å². The lowest BCUT2D eigenvalue weighted by Gasteiger charge is -1.93. The van der Waals surface area contributed by atoms with Crippen LogP contribution in [0.15, 0.2) is 53.1 Å². The molecule has 3 rings (SSSR count). The number of hydrogen-bond acceptors (Lipinski definition) is 1. The normalized spacial score (nSPS) is 10.8. The van der Waals surface area contributed by atoms with Gasteiger partial charge in [0.1, 0.15) is 0 Å². The van der Waals surface area contributed by atoms with Gasteiger partial charge in [0.25, 0.3) is 0 Å². The molecule has 0 atom stereocenters. The summed E-state index contributed by atoms with van der Waals surface area (Å²) in [6.45, 7) is 0. The molecule has 16 heavy (non-hydrogen) atoms. The molecule has 0 radical (unpaired) electrons. The summed E-state index contributed by atoms with van der Waals surface area (Å²) in [7, 11) is 0. The van der Waals surface area contributed by atoms with Crippen molar-refractivity contribution in [3.8, 4) is 11.4 Å². The average Bonchev–Trinajstić information content (AvgIpc) is 2.73. The lowest BCUT2D eigenvalue weighted by molar-refractivity contribution is 1.29. The number of halogens is 1. The standard InChI is InChI=1S/C13H9BrN2/c14-10-4-5-11-9(7-10)8-13(16-11)12-3-1-2-6-15-12/h1-8,16H. The van der Waals surface area contributed by atoms with Gasteiger partial charge in [0.05, 0.1) is 11.4 Å². The lowest BCUT2D eigenvalue weighted by atomic mass is 10.2. The molecule has 0 aliphatic rings. The van der Waals surface area contributed by atoms with Gasteiger partial charge in [-0.15, -0.1) is 0 Å². The number of hydrogen-bond donors (Lipinski definition) is 1. The summed E-state index contributed by atoms with van der Waals surface area (Å²) >= 11 is 3.47. The van der Waals surface area contributed by atoms with Crippen LogP contribution < -0.4 is 0 Å². The summed E-state index contributed by atoms with van der Waals surface area (Å²) in [4.78, 5) is 7.68. The van der Waals surface area contributed by atoms with Gasteiger partial charge in [0.2, 0.25) is 0 Å². The topological polar surface area (TPSA) is 28.7 Å². The Balaban J connectivity index is 2.19. The molecule has 0 aliphatic carbocycles. The van der Waals surface area contributed by atoms with E-state index in [1.54, 1.807) is 6.20 Å². The Morgan fingerprint density at radius 3 is 2.81 bits per heavy atom. The summed E-state index contributed by atoms with van der Waals surface area (Å²) in [6, 6.07) is 14.2. The average molecular weight is 273 g/mol. The van der Waals surface area contributed by atoms with Crippen molar-refractivity contribution in [2.45, 2.75) is 0 Å². The highest BCUT2D eigenvalue weighted by Crippen LogP contribution is 2.24. The van der Waals surface area contributed by atoms with E-state index in [1.807, 2.05) is 24.3 Å². The Kier molecular flexibility index (Phi) is 2.26. The third-order valence-corrected chi connectivity index (χ3v) is 3.02. The third kappa shape index (κ3) is 1.63. The lowest BCUT2D eigenvalue weighted by Crippen LogP contribution is -1.80. The highest BCUT2D eigenvalue weighted by Gasteiger charge is 2.03. The minimum Gasteiger partial charge on any atom is -0.353 e. The van der Waals surface area contributed by atoms with Crippen LogP contribution in [0.2, 0.25) is 0 Å². The number of aromatic amines is 1. The van der Waals surface area contributed by atoms with Gasteiger partial charge in [-0.05, 0) is 36.4 Å². The van der Waals surface area contributed by atoms with E-state index in [2.05, 4.69) is 44.1 Å². The Hall–Kier alpha value is -1.61. The molecular formula is C13H9BrN2. The van der Waals surface area contributed by atoms with E-state index in [9.17, 15) is 0 Å². The van der Waals surface area contributed by atoms with E-state index in [0.717, 1.165) is 21.4 Å². The Labute approximate surface area is 101 Å². The van der Waals surface area contributed by atoms with Crippen LogP contribution in [0, 0.1) is 0 Å². The monoisotopic (exact) mass is 272 g/mol. The number of aromatic nitrogens is 2.